The number of rotatable bonds is 3. The normalized spacial score (nSPS) is 18.8. The van der Waals surface area contributed by atoms with Gasteiger partial charge >= 0.3 is 5.97 Å². The summed E-state index contributed by atoms with van der Waals surface area (Å²) in [5, 5.41) is 11.5. The molecule has 0 saturated carbocycles. The Bertz CT molecular complexity index is 205. The van der Waals surface area contributed by atoms with Gasteiger partial charge in [-0.05, 0) is 6.92 Å². The molecule has 0 radical (unpaired) electrons. The third kappa shape index (κ3) is 1.73. The Hall–Kier alpha value is -1.10. The molecule has 1 saturated heterocycles. The quantitative estimate of drug-likeness (QED) is 0.625. The summed E-state index contributed by atoms with van der Waals surface area (Å²) in [6.07, 6.45) is 0.432. The van der Waals surface area contributed by atoms with Gasteiger partial charge in [0.25, 0.3) is 0 Å². The Morgan fingerprint density at radius 3 is 2.83 bits per heavy atom. The first kappa shape index (κ1) is 8.99. The second kappa shape index (κ2) is 3.53. The van der Waals surface area contributed by atoms with E-state index in [4.69, 9.17) is 5.11 Å². The number of carboxylic acid groups (broad SMARTS) is 1. The van der Waals surface area contributed by atoms with Crippen LogP contribution in [0.2, 0.25) is 0 Å². The Kier molecular flexibility index (Phi) is 2.65. The summed E-state index contributed by atoms with van der Waals surface area (Å²) in [6.45, 7) is 2.82. The number of amides is 1. The number of hydrogen-bond acceptors (Lipinski definition) is 3. The van der Waals surface area contributed by atoms with Crippen LogP contribution >= 0.6 is 0 Å². The van der Waals surface area contributed by atoms with Gasteiger partial charge in [-0.2, -0.15) is 0 Å². The molecule has 1 amide bonds. The monoisotopic (exact) mass is 172 g/mol. The average Bonchev–Trinajstić information content (AvgIpc) is 2.30. The molecule has 0 atom stereocenters. The highest BCUT2D eigenvalue weighted by molar-refractivity contribution is 5.78. The average molecular weight is 172 g/mol. The van der Waals surface area contributed by atoms with Crippen molar-refractivity contribution in [2.45, 2.75) is 13.3 Å². The number of hydrogen-bond donors (Lipinski definition) is 1. The van der Waals surface area contributed by atoms with Gasteiger partial charge in [-0.3, -0.25) is 14.6 Å². The zero-order valence-corrected chi connectivity index (χ0v) is 6.99. The molecule has 0 aromatic carbocycles. The van der Waals surface area contributed by atoms with Gasteiger partial charge in [-0.15, -0.1) is 0 Å². The van der Waals surface area contributed by atoms with Crippen molar-refractivity contribution < 1.29 is 14.7 Å². The maximum Gasteiger partial charge on any atom is 0.319 e. The first-order valence-electron chi connectivity index (χ1n) is 3.92. The smallest absolute Gasteiger partial charge is 0.319 e. The minimum Gasteiger partial charge on any atom is -0.480 e. The highest BCUT2D eigenvalue weighted by atomic mass is 16.4. The van der Waals surface area contributed by atoms with Gasteiger partial charge < -0.3 is 5.11 Å². The number of nitrogens with zero attached hydrogens (tertiary/aromatic N) is 2. The summed E-state index contributed by atoms with van der Waals surface area (Å²) in [5.74, 6) is -0.887. The van der Waals surface area contributed by atoms with Crippen LogP contribution in [-0.2, 0) is 9.59 Å². The van der Waals surface area contributed by atoms with Crippen molar-refractivity contribution >= 4 is 11.9 Å². The van der Waals surface area contributed by atoms with E-state index in [2.05, 4.69) is 0 Å². The number of carbonyl (C=O) groups excluding carboxylic acids is 1. The minimum absolute atomic E-state index is 0.0127. The molecule has 0 unspecified atom stereocenters. The molecule has 5 nitrogen and oxygen atoms in total. The van der Waals surface area contributed by atoms with Crippen molar-refractivity contribution in [2.24, 2.45) is 0 Å². The van der Waals surface area contributed by atoms with Crippen molar-refractivity contribution in [3.8, 4) is 0 Å². The predicted molar refractivity (Wildman–Crippen MR) is 41.2 cm³/mol. The van der Waals surface area contributed by atoms with E-state index in [0.29, 0.717) is 19.5 Å². The third-order valence-corrected chi connectivity index (χ3v) is 1.83. The first-order valence-corrected chi connectivity index (χ1v) is 3.92. The molecule has 1 rings (SSSR count). The zero-order valence-electron chi connectivity index (χ0n) is 6.99. The topological polar surface area (TPSA) is 60.9 Å². The van der Waals surface area contributed by atoms with E-state index in [1.54, 1.807) is 5.01 Å². The van der Waals surface area contributed by atoms with E-state index < -0.39 is 5.97 Å². The van der Waals surface area contributed by atoms with E-state index in [1.165, 1.54) is 5.01 Å². The van der Waals surface area contributed by atoms with Crippen LogP contribution in [0.3, 0.4) is 0 Å². The van der Waals surface area contributed by atoms with Gasteiger partial charge in [0.1, 0.15) is 6.54 Å². The number of hydrazine groups is 1. The maximum atomic E-state index is 11.1. The summed E-state index contributed by atoms with van der Waals surface area (Å²) >= 11 is 0. The summed E-state index contributed by atoms with van der Waals surface area (Å²) < 4.78 is 0. The molecule has 0 aromatic heterocycles. The van der Waals surface area contributed by atoms with Crippen LogP contribution in [0.5, 0.6) is 0 Å². The number of aliphatic carboxylic acids is 1. The summed E-state index contributed by atoms with van der Waals surface area (Å²) in [4.78, 5) is 21.4. The standard InChI is InChI=1S/C7H12N2O3/c1-2-9-6(10)3-4-8(9)5-7(11)12/h2-5H2,1H3,(H,11,12). The van der Waals surface area contributed by atoms with Crippen LogP contribution in [0.15, 0.2) is 0 Å². The molecule has 0 spiro atoms. The fourth-order valence-corrected chi connectivity index (χ4v) is 1.33. The lowest BCUT2D eigenvalue weighted by atomic mass is 10.4. The molecule has 12 heavy (non-hydrogen) atoms. The molecule has 1 fully saturated rings. The van der Waals surface area contributed by atoms with Gasteiger partial charge in [0, 0.05) is 19.5 Å². The second-order valence-electron chi connectivity index (χ2n) is 2.64. The highest BCUT2D eigenvalue weighted by Crippen LogP contribution is 2.10. The van der Waals surface area contributed by atoms with E-state index in [1.807, 2.05) is 6.92 Å². The molecule has 1 aliphatic rings. The Labute approximate surface area is 70.5 Å². The SMILES string of the molecule is CCN1C(=O)CCN1CC(=O)O. The van der Waals surface area contributed by atoms with Gasteiger partial charge in [-0.25, -0.2) is 5.01 Å². The third-order valence-electron chi connectivity index (χ3n) is 1.83. The molecule has 0 aliphatic carbocycles. The van der Waals surface area contributed by atoms with E-state index in [9.17, 15) is 9.59 Å². The van der Waals surface area contributed by atoms with E-state index in [-0.39, 0.29) is 12.5 Å². The zero-order chi connectivity index (χ0) is 9.14. The van der Waals surface area contributed by atoms with Crippen LogP contribution in [0.4, 0.5) is 0 Å². The summed E-state index contributed by atoms with van der Waals surface area (Å²) in [5.41, 5.74) is 0. The molecule has 1 N–H and O–H groups in total. The molecule has 1 heterocycles. The molecule has 0 aromatic rings. The van der Waals surface area contributed by atoms with E-state index in [0.717, 1.165) is 0 Å². The van der Waals surface area contributed by atoms with Crippen molar-refractivity contribution in [3.05, 3.63) is 0 Å². The molecule has 5 heteroatoms. The fraction of sp³-hybridized carbons (Fsp3) is 0.714. The minimum atomic E-state index is -0.900. The molecular weight excluding hydrogens is 160 g/mol. The van der Waals surface area contributed by atoms with Crippen molar-refractivity contribution in [2.75, 3.05) is 19.6 Å². The number of carboxylic acids is 1. The second-order valence-corrected chi connectivity index (χ2v) is 2.64. The van der Waals surface area contributed by atoms with E-state index >= 15 is 0 Å². The lowest BCUT2D eigenvalue weighted by Crippen LogP contribution is -2.41. The molecular formula is C7H12N2O3. The van der Waals surface area contributed by atoms with Crippen LogP contribution < -0.4 is 0 Å². The van der Waals surface area contributed by atoms with Crippen LogP contribution in [-0.4, -0.2) is 46.6 Å². The van der Waals surface area contributed by atoms with Crippen molar-refractivity contribution in [3.63, 3.8) is 0 Å². The highest BCUT2D eigenvalue weighted by Gasteiger charge is 2.28. The molecule has 1 aliphatic heterocycles. The molecule has 0 bridgehead atoms. The lowest BCUT2D eigenvalue weighted by molar-refractivity contribution is -0.147. The summed E-state index contributed by atoms with van der Waals surface area (Å²) in [7, 11) is 0. The Morgan fingerprint density at radius 2 is 2.33 bits per heavy atom. The fourth-order valence-electron chi connectivity index (χ4n) is 1.33. The largest absolute Gasteiger partial charge is 0.480 e. The van der Waals surface area contributed by atoms with Crippen LogP contribution in [0.25, 0.3) is 0 Å². The van der Waals surface area contributed by atoms with Gasteiger partial charge in [0.15, 0.2) is 0 Å². The van der Waals surface area contributed by atoms with Gasteiger partial charge in [0.2, 0.25) is 5.91 Å². The van der Waals surface area contributed by atoms with Crippen LogP contribution in [0, 0.1) is 0 Å². The van der Waals surface area contributed by atoms with Crippen LogP contribution in [0.1, 0.15) is 13.3 Å². The molecule has 68 valence electrons. The Balaban J connectivity index is 2.54. The maximum absolute atomic E-state index is 11.1. The first-order chi connectivity index (χ1) is 5.65. The van der Waals surface area contributed by atoms with Gasteiger partial charge in [-0.1, -0.05) is 0 Å². The summed E-state index contributed by atoms with van der Waals surface area (Å²) in [6, 6.07) is 0. The lowest BCUT2D eigenvalue weighted by Gasteiger charge is -2.24. The number of carbonyl (C=O) groups is 2. The Morgan fingerprint density at radius 1 is 1.67 bits per heavy atom. The van der Waals surface area contributed by atoms with Crippen molar-refractivity contribution in [1.82, 2.24) is 10.0 Å². The van der Waals surface area contributed by atoms with Crippen molar-refractivity contribution in [1.29, 1.82) is 0 Å². The predicted octanol–water partition coefficient (Wildman–Crippen LogP) is -0.460. The van der Waals surface area contributed by atoms with Gasteiger partial charge in [0.05, 0.1) is 0 Å².